The van der Waals surface area contributed by atoms with E-state index in [1.807, 2.05) is 13.0 Å². The Balaban J connectivity index is 3.03. The Kier molecular flexibility index (Phi) is 4.28. The molecule has 88 valence electrons. The first-order chi connectivity index (χ1) is 7.60. The highest BCUT2D eigenvalue weighted by atomic mass is 16.5. The van der Waals surface area contributed by atoms with Gasteiger partial charge in [-0.05, 0) is 25.8 Å². The first-order valence-electron chi connectivity index (χ1n) is 5.14. The first kappa shape index (κ1) is 12.5. The smallest absolute Gasteiger partial charge is 0.334 e. The Morgan fingerprint density at radius 1 is 1.31 bits per heavy atom. The van der Waals surface area contributed by atoms with Gasteiger partial charge in [0.1, 0.15) is 0 Å². The van der Waals surface area contributed by atoms with Crippen LogP contribution in [0.2, 0.25) is 0 Å². The summed E-state index contributed by atoms with van der Waals surface area (Å²) in [4.78, 5) is 23.1. The van der Waals surface area contributed by atoms with Gasteiger partial charge in [0.25, 0.3) is 0 Å². The van der Waals surface area contributed by atoms with E-state index in [4.69, 9.17) is 4.74 Å². The van der Waals surface area contributed by atoms with Gasteiger partial charge in [0.15, 0.2) is 0 Å². The van der Waals surface area contributed by atoms with E-state index in [1.165, 1.54) is 14.2 Å². The molecule has 0 spiro atoms. The summed E-state index contributed by atoms with van der Waals surface area (Å²) >= 11 is 0. The van der Waals surface area contributed by atoms with Crippen LogP contribution in [0.25, 0.3) is 0 Å². The number of carbonyl (C=O) groups excluding carboxylic acids is 2. The quantitative estimate of drug-likeness (QED) is 0.669. The van der Waals surface area contributed by atoms with Crippen molar-refractivity contribution in [2.45, 2.75) is 19.8 Å². The van der Waals surface area contributed by atoms with Gasteiger partial charge in [-0.2, -0.15) is 0 Å². The Bertz CT molecular complexity index is 352. The molecule has 0 aromatic carbocycles. The van der Waals surface area contributed by atoms with Gasteiger partial charge in [-0.25, -0.2) is 4.79 Å². The molecule has 0 aromatic rings. The molecule has 1 aliphatic carbocycles. The standard InChI is InChI=1S/C12H16O4/c1-8-5-4-6-9(11(13)15-2)10(7-8)12(14)16-3/h5,7,9H,4,6H2,1-3H3. The summed E-state index contributed by atoms with van der Waals surface area (Å²) in [6.45, 7) is 1.89. The molecule has 4 heteroatoms. The van der Waals surface area contributed by atoms with E-state index in [1.54, 1.807) is 6.08 Å². The number of allylic oxidation sites excluding steroid dienone is 3. The molecule has 0 saturated heterocycles. The zero-order valence-corrected chi connectivity index (χ0v) is 9.78. The van der Waals surface area contributed by atoms with Crippen LogP contribution in [0, 0.1) is 5.92 Å². The molecule has 1 rings (SSSR count). The molecule has 1 atom stereocenters. The van der Waals surface area contributed by atoms with Crippen molar-refractivity contribution >= 4 is 11.9 Å². The third-order valence-corrected chi connectivity index (χ3v) is 2.59. The van der Waals surface area contributed by atoms with Crippen molar-refractivity contribution in [2.24, 2.45) is 5.92 Å². The number of rotatable bonds is 2. The summed E-state index contributed by atoms with van der Waals surface area (Å²) in [5.41, 5.74) is 1.34. The van der Waals surface area contributed by atoms with Crippen LogP contribution >= 0.6 is 0 Å². The molecular formula is C12H16O4. The van der Waals surface area contributed by atoms with Crippen LogP contribution < -0.4 is 0 Å². The van der Waals surface area contributed by atoms with E-state index < -0.39 is 11.9 Å². The van der Waals surface area contributed by atoms with Crippen molar-refractivity contribution in [3.05, 3.63) is 23.3 Å². The van der Waals surface area contributed by atoms with Crippen molar-refractivity contribution in [1.29, 1.82) is 0 Å². The van der Waals surface area contributed by atoms with E-state index >= 15 is 0 Å². The van der Waals surface area contributed by atoms with E-state index in [0.29, 0.717) is 12.0 Å². The Morgan fingerprint density at radius 3 is 2.56 bits per heavy atom. The number of hydrogen-bond acceptors (Lipinski definition) is 4. The van der Waals surface area contributed by atoms with Crippen LogP contribution in [-0.2, 0) is 19.1 Å². The molecule has 0 aromatic heterocycles. The molecule has 1 unspecified atom stereocenters. The van der Waals surface area contributed by atoms with E-state index in [0.717, 1.165) is 12.0 Å². The van der Waals surface area contributed by atoms with E-state index in [-0.39, 0.29) is 5.97 Å². The predicted octanol–water partition coefficient (Wildman–Crippen LogP) is 1.62. The van der Waals surface area contributed by atoms with Gasteiger partial charge >= 0.3 is 11.9 Å². The van der Waals surface area contributed by atoms with Gasteiger partial charge < -0.3 is 9.47 Å². The molecule has 0 bridgehead atoms. The maximum atomic E-state index is 11.6. The second-order valence-electron chi connectivity index (χ2n) is 3.69. The van der Waals surface area contributed by atoms with Gasteiger partial charge in [-0.3, -0.25) is 4.79 Å². The Morgan fingerprint density at radius 2 is 2.00 bits per heavy atom. The molecule has 16 heavy (non-hydrogen) atoms. The fourth-order valence-corrected chi connectivity index (χ4v) is 1.74. The fraction of sp³-hybridized carbons (Fsp3) is 0.500. The lowest BCUT2D eigenvalue weighted by Gasteiger charge is -2.14. The predicted molar refractivity (Wildman–Crippen MR) is 58.6 cm³/mol. The summed E-state index contributed by atoms with van der Waals surface area (Å²) < 4.78 is 9.37. The van der Waals surface area contributed by atoms with Crippen LogP contribution in [0.3, 0.4) is 0 Å². The lowest BCUT2D eigenvalue weighted by atomic mass is 9.95. The molecule has 0 fully saturated rings. The Labute approximate surface area is 94.9 Å². The zero-order chi connectivity index (χ0) is 12.1. The molecule has 0 saturated carbocycles. The van der Waals surface area contributed by atoms with Gasteiger partial charge in [-0.1, -0.05) is 11.6 Å². The largest absolute Gasteiger partial charge is 0.469 e. The molecule has 1 aliphatic rings. The third kappa shape index (κ3) is 2.72. The molecule has 0 N–H and O–H groups in total. The van der Waals surface area contributed by atoms with Gasteiger partial charge in [0.05, 0.1) is 25.7 Å². The van der Waals surface area contributed by atoms with Crippen LogP contribution in [0.4, 0.5) is 0 Å². The second-order valence-corrected chi connectivity index (χ2v) is 3.69. The summed E-state index contributed by atoms with van der Waals surface area (Å²) in [5.74, 6) is -1.38. The average molecular weight is 224 g/mol. The van der Waals surface area contributed by atoms with Crippen molar-refractivity contribution in [1.82, 2.24) is 0 Å². The van der Waals surface area contributed by atoms with Crippen molar-refractivity contribution in [2.75, 3.05) is 14.2 Å². The number of esters is 2. The molecule has 0 amide bonds. The maximum Gasteiger partial charge on any atom is 0.334 e. The molecule has 0 aliphatic heterocycles. The van der Waals surface area contributed by atoms with Crippen LogP contribution in [0.5, 0.6) is 0 Å². The number of methoxy groups -OCH3 is 2. The van der Waals surface area contributed by atoms with Crippen LogP contribution in [0.15, 0.2) is 23.3 Å². The van der Waals surface area contributed by atoms with Crippen molar-refractivity contribution in [3.8, 4) is 0 Å². The molecule has 0 heterocycles. The van der Waals surface area contributed by atoms with Gasteiger partial charge in [0.2, 0.25) is 0 Å². The lowest BCUT2D eigenvalue weighted by molar-refractivity contribution is -0.147. The average Bonchev–Trinajstić information content (AvgIpc) is 2.49. The number of hydrogen-bond donors (Lipinski definition) is 0. The third-order valence-electron chi connectivity index (χ3n) is 2.59. The summed E-state index contributed by atoms with van der Waals surface area (Å²) in [6.07, 6.45) is 5.01. The minimum absolute atomic E-state index is 0.376. The van der Waals surface area contributed by atoms with Gasteiger partial charge in [0, 0.05) is 0 Å². The SMILES string of the molecule is COC(=O)C1=CC(C)=CCCC1C(=O)OC. The summed E-state index contributed by atoms with van der Waals surface area (Å²) in [6, 6.07) is 0. The Hall–Kier alpha value is -1.58. The highest BCUT2D eigenvalue weighted by Crippen LogP contribution is 2.25. The fourth-order valence-electron chi connectivity index (χ4n) is 1.74. The zero-order valence-electron chi connectivity index (χ0n) is 9.78. The highest BCUT2D eigenvalue weighted by molar-refractivity contribution is 5.96. The van der Waals surface area contributed by atoms with E-state index in [2.05, 4.69) is 4.74 Å². The minimum atomic E-state index is -0.522. The lowest BCUT2D eigenvalue weighted by Crippen LogP contribution is -2.23. The second kappa shape index (κ2) is 5.49. The topological polar surface area (TPSA) is 52.6 Å². The highest BCUT2D eigenvalue weighted by Gasteiger charge is 2.29. The number of ether oxygens (including phenoxy) is 2. The molecular weight excluding hydrogens is 208 g/mol. The van der Waals surface area contributed by atoms with Crippen molar-refractivity contribution in [3.63, 3.8) is 0 Å². The van der Waals surface area contributed by atoms with Crippen molar-refractivity contribution < 1.29 is 19.1 Å². The van der Waals surface area contributed by atoms with E-state index in [9.17, 15) is 9.59 Å². The molecule has 4 nitrogen and oxygen atoms in total. The van der Waals surface area contributed by atoms with Crippen LogP contribution in [0.1, 0.15) is 19.8 Å². The summed E-state index contributed by atoms with van der Waals surface area (Å²) in [5, 5.41) is 0. The maximum absolute atomic E-state index is 11.6. The van der Waals surface area contributed by atoms with Gasteiger partial charge in [-0.15, -0.1) is 0 Å². The normalized spacial score (nSPS) is 20.3. The van der Waals surface area contributed by atoms with Crippen LogP contribution in [-0.4, -0.2) is 26.2 Å². The minimum Gasteiger partial charge on any atom is -0.469 e. The number of carbonyl (C=O) groups is 2. The molecule has 0 radical (unpaired) electrons. The monoisotopic (exact) mass is 224 g/mol. The summed E-state index contributed by atoms with van der Waals surface area (Å²) in [7, 11) is 2.63. The first-order valence-corrected chi connectivity index (χ1v) is 5.14.